The van der Waals surface area contributed by atoms with Crippen LogP contribution in [0.4, 0.5) is 0 Å². The topological polar surface area (TPSA) is 35.5 Å². The van der Waals surface area contributed by atoms with E-state index in [9.17, 15) is 5.11 Å². The molecular formula is C22H30N2O. The molecule has 1 fully saturated rings. The molecule has 0 radical (unpaired) electrons. The number of nitrogens with one attached hydrogen (secondary N) is 1. The number of rotatable bonds is 7. The summed E-state index contributed by atoms with van der Waals surface area (Å²) in [7, 11) is 0. The van der Waals surface area contributed by atoms with E-state index < -0.39 is 6.10 Å². The number of aliphatic hydroxyl groups is 1. The summed E-state index contributed by atoms with van der Waals surface area (Å²) in [5.74, 6) is 0. The maximum absolute atomic E-state index is 11.0. The molecule has 25 heavy (non-hydrogen) atoms. The molecule has 0 saturated carbocycles. The predicted molar refractivity (Wildman–Crippen MR) is 103 cm³/mol. The minimum absolute atomic E-state index is 0.00991. The Morgan fingerprint density at radius 2 is 1.44 bits per heavy atom. The van der Waals surface area contributed by atoms with Crippen molar-refractivity contribution in [1.82, 2.24) is 10.2 Å². The summed E-state index contributed by atoms with van der Waals surface area (Å²) >= 11 is 0. The Morgan fingerprint density at radius 3 is 2.04 bits per heavy atom. The van der Waals surface area contributed by atoms with Gasteiger partial charge in [-0.1, -0.05) is 67.1 Å². The number of benzene rings is 2. The van der Waals surface area contributed by atoms with Crippen LogP contribution in [0.1, 0.15) is 49.5 Å². The maximum Gasteiger partial charge on any atom is 0.0955 e. The molecule has 0 spiro atoms. The summed E-state index contributed by atoms with van der Waals surface area (Å²) in [6, 6.07) is 20.7. The molecule has 1 aliphatic heterocycles. The van der Waals surface area contributed by atoms with Crippen LogP contribution in [0.3, 0.4) is 0 Å². The summed E-state index contributed by atoms with van der Waals surface area (Å²) in [4.78, 5) is 2.49. The first-order valence-electron chi connectivity index (χ1n) is 9.50. The van der Waals surface area contributed by atoms with Gasteiger partial charge < -0.3 is 15.3 Å². The third-order valence-electron chi connectivity index (χ3n) is 5.19. The van der Waals surface area contributed by atoms with Gasteiger partial charge >= 0.3 is 0 Å². The van der Waals surface area contributed by atoms with Crippen LogP contribution in [0.5, 0.6) is 0 Å². The molecule has 2 aromatic carbocycles. The first-order valence-corrected chi connectivity index (χ1v) is 9.50. The van der Waals surface area contributed by atoms with E-state index >= 15 is 0 Å². The van der Waals surface area contributed by atoms with E-state index in [4.69, 9.17) is 0 Å². The Bertz CT molecular complexity index is 610. The molecule has 0 aromatic heterocycles. The van der Waals surface area contributed by atoms with E-state index in [2.05, 4.69) is 41.4 Å². The second-order valence-corrected chi connectivity index (χ2v) is 7.12. The third-order valence-corrected chi connectivity index (χ3v) is 5.19. The highest BCUT2D eigenvalue weighted by Gasteiger charge is 2.25. The molecular weight excluding hydrogens is 308 g/mol. The van der Waals surface area contributed by atoms with Gasteiger partial charge in [-0.05, 0) is 44.0 Å². The third kappa shape index (κ3) is 5.15. The van der Waals surface area contributed by atoms with Crippen LogP contribution in [0.25, 0.3) is 0 Å². The van der Waals surface area contributed by atoms with Crippen molar-refractivity contribution in [3.8, 4) is 0 Å². The molecule has 3 rings (SSSR count). The van der Waals surface area contributed by atoms with Gasteiger partial charge in [-0.2, -0.15) is 0 Å². The fourth-order valence-corrected chi connectivity index (χ4v) is 3.71. The highest BCUT2D eigenvalue weighted by Crippen LogP contribution is 2.22. The van der Waals surface area contributed by atoms with E-state index in [1.807, 2.05) is 36.4 Å². The standard InChI is InChI=1S/C22H30N2O/c1-18(19-11-5-2-6-12-19)23-21(17-24-15-9-4-10-16-24)22(25)20-13-7-3-8-14-20/h2-3,5-8,11-14,18,21-23,25H,4,9-10,15-17H2,1H3/t18-,21+,22+/m0/s1. The van der Waals surface area contributed by atoms with Crippen LogP contribution >= 0.6 is 0 Å². The number of aliphatic hydroxyl groups excluding tert-OH is 1. The van der Waals surface area contributed by atoms with E-state index in [1.54, 1.807) is 0 Å². The average molecular weight is 338 g/mol. The molecule has 134 valence electrons. The van der Waals surface area contributed by atoms with Crippen LogP contribution in [0.15, 0.2) is 60.7 Å². The van der Waals surface area contributed by atoms with Crippen LogP contribution < -0.4 is 5.32 Å². The lowest BCUT2D eigenvalue weighted by atomic mass is 9.98. The van der Waals surface area contributed by atoms with Gasteiger partial charge in [0.25, 0.3) is 0 Å². The molecule has 1 aliphatic rings. The van der Waals surface area contributed by atoms with E-state index in [0.717, 1.165) is 25.2 Å². The average Bonchev–Trinajstić information content (AvgIpc) is 2.69. The summed E-state index contributed by atoms with van der Waals surface area (Å²) in [5.41, 5.74) is 2.24. The van der Waals surface area contributed by atoms with Crippen molar-refractivity contribution in [1.29, 1.82) is 0 Å². The van der Waals surface area contributed by atoms with Gasteiger partial charge in [0.2, 0.25) is 0 Å². The largest absolute Gasteiger partial charge is 0.387 e. The quantitative estimate of drug-likeness (QED) is 0.803. The molecule has 3 atom stereocenters. The first-order chi connectivity index (χ1) is 12.2. The van der Waals surface area contributed by atoms with Gasteiger partial charge in [-0.25, -0.2) is 0 Å². The fraction of sp³-hybridized carbons (Fsp3) is 0.455. The molecule has 0 aliphatic carbocycles. The summed E-state index contributed by atoms with van der Waals surface area (Å²) < 4.78 is 0. The number of nitrogens with zero attached hydrogens (tertiary/aromatic N) is 1. The van der Waals surface area contributed by atoms with Gasteiger partial charge in [0.15, 0.2) is 0 Å². The van der Waals surface area contributed by atoms with Crippen molar-refractivity contribution in [2.24, 2.45) is 0 Å². The van der Waals surface area contributed by atoms with Gasteiger partial charge in [0.1, 0.15) is 0 Å². The minimum Gasteiger partial charge on any atom is -0.387 e. The van der Waals surface area contributed by atoms with Crippen LogP contribution in [-0.4, -0.2) is 35.7 Å². The molecule has 3 nitrogen and oxygen atoms in total. The lowest BCUT2D eigenvalue weighted by Crippen LogP contribution is -2.47. The number of likely N-dealkylation sites (tertiary alicyclic amines) is 1. The number of hydrogen-bond donors (Lipinski definition) is 2. The lowest BCUT2D eigenvalue weighted by molar-refractivity contribution is 0.0886. The Hall–Kier alpha value is -1.68. The zero-order chi connectivity index (χ0) is 17.5. The molecule has 2 N–H and O–H groups in total. The second kappa shape index (κ2) is 9.14. The van der Waals surface area contributed by atoms with Crippen molar-refractivity contribution in [3.63, 3.8) is 0 Å². The monoisotopic (exact) mass is 338 g/mol. The SMILES string of the molecule is C[C@H](N[C@H](CN1CCCCC1)[C@H](O)c1ccccc1)c1ccccc1. The Labute approximate surface area is 151 Å². The maximum atomic E-state index is 11.0. The zero-order valence-corrected chi connectivity index (χ0v) is 15.1. The molecule has 0 bridgehead atoms. The zero-order valence-electron chi connectivity index (χ0n) is 15.1. The van der Waals surface area contributed by atoms with Crippen molar-refractivity contribution >= 4 is 0 Å². The van der Waals surface area contributed by atoms with Crippen molar-refractivity contribution < 1.29 is 5.11 Å². The Morgan fingerprint density at radius 1 is 0.880 bits per heavy atom. The highest BCUT2D eigenvalue weighted by molar-refractivity contribution is 5.21. The molecule has 0 amide bonds. The lowest BCUT2D eigenvalue weighted by Gasteiger charge is -2.35. The summed E-state index contributed by atoms with van der Waals surface area (Å²) in [6.45, 7) is 5.34. The van der Waals surface area contributed by atoms with Crippen molar-refractivity contribution in [3.05, 3.63) is 71.8 Å². The second-order valence-electron chi connectivity index (χ2n) is 7.12. The van der Waals surface area contributed by atoms with E-state index in [1.165, 1.54) is 24.8 Å². The fourth-order valence-electron chi connectivity index (χ4n) is 3.71. The van der Waals surface area contributed by atoms with E-state index in [0.29, 0.717) is 0 Å². The first kappa shape index (κ1) is 18.1. The molecule has 3 heteroatoms. The van der Waals surface area contributed by atoms with Gasteiger partial charge in [-0.3, -0.25) is 0 Å². The van der Waals surface area contributed by atoms with E-state index in [-0.39, 0.29) is 12.1 Å². The summed E-state index contributed by atoms with van der Waals surface area (Å²) in [5, 5.41) is 14.7. The predicted octanol–water partition coefficient (Wildman–Crippen LogP) is 3.93. The molecule has 2 aromatic rings. The van der Waals surface area contributed by atoms with Crippen LogP contribution in [-0.2, 0) is 0 Å². The smallest absolute Gasteiger partial charge is 0.0955 e. The van der Waals surface area contributed by atoms with Gasteiger partial charge in [0.05, 0.1) is 12.1 Å². The van der Waals surface area contributed by atoms with Crippen LogP contribution in [0, 0.1) is 0 Å². The number of piperidine rings is 1. The Balaban J connectivity index is 1.73. The molecule has 1 heterocycles. The van der Waals surface area contributed by atoms with Crippen molar-refractivity contribution in [2.45, 2.75) is 44.4 Å². The molecule has 0 unspecified atom stereocenters. The normalized spacial score (nSPS) is 19.3. The highest BCUT2D eigenvalue weighted by atomic mass is 16.3. The minimum atomic E-state index is -0.505. The molecule has 1 saturated heterocycles. The van der Waals surface area contributed by atoms with Gasteiger partial charge in [0, 0.05) is 12.6 Å². The van der Waals surface area contributed by atoms with Crippen molar-refractivity contribution in [2.75, 3.05) is 19.6 Å². The Kier molecular flexibility index (Phi) is 6.62. The van der Waals surface area contributed by atoms with Crippen LogP contribution in [0.2, 0.25) is 0 Å². The summed E-state index contributed by atoms with van der Waals surface area (Å²) in [6.07, 6.45) is 3.36. The number of hydrogen-bond acceptors (Lipinski definition) is 3. The van der Waals surface area contributed by atoms with Gasteiger partial charge in [-0.15, -0.1) is 0 Å².